The molecule has 1 aromatic carbocycles. The number of hydrogen-bond donors (Lipinski definition) is 2. The first-order valence-corrected chi connectivity index (χ1v) is 4.73. The zero-order valence-corrected chi connectivity index (χ0v) is 8.84. The highest BCUT2D eigenvalue weighted by Gasteiger charge is 2.02. The Balaban J connectivity index is 2.73. The highest BCUT2D eigenvalue weighted by molar-refractivity contribution is 9.10. The van der Waals surface area contributed by atoms with Crippen LogP contribution in [0, 0.1) is 0 Å². The molecule has 0 aliphatic carbocycles. The fourth-order valence-electron chi connectivity index (χ4n) is 0.956. The summed E-state index contributed by atoms with van der Waals surface area (Å²) in [5.74, 6) is -0.938. The molecular formula is C9H9BrFNO2. The van der Waals surface area contributed by atoms with Gasteiger partial charge in [0.15, 0.2) is 0 Å². The summed E-state index contributed by atoms with van der Waals surface area (Å²) in [5.41, 5.74) is 1.20. The first-order valence-electron chi connectivity index (χ1n) is 3.93. The Kier molecular flexibility index (Phi) is 3.88. The number of alkyl halides is 1. The number of hydrogen-bond acceptors (Lipinski definition) is 2. The third-order valence-corrected chi connectivity index (χ3v) is 2.27. The van der Waals surface area contributed by atoms with E-state index in [4.69, 9.17) is 5.11 Å². The summed E-state index contributed by atoms with van der Waals surface area (Å²) in [6.07, 6.45) is 0. The molecule has 0 aromatic heterocycles. The van der Waals surface area contributed by atoms with Crippen LogP contribution in [0.5, 0.6) is 0 Å². The molecule has 0 bridgehead atoms. The predicted molar refractivity (Wildman–Crippen MR) is 55.1 cm³/mol. The van der Waals surface area contributed by atoms with Crippen LogP contribution in [-0.2, 0) is 11.5 Å². The molecule has 0 saturated heterocycles. The van der Waals surface area contributed by atoms with E-state index in [0.717, 1.165) is 0 Å². The summed E-state index contributed by atoms with van der Waals surface area (Å²) >= 11 is 3.22. The summed E-state index contributed by atoms with van der Waals surface area (Å²) in [5, 5.41) is 11.1. The smallest absolute Gasteiger partial charge is 0.322 e. The molecule has 0 unspecified atom stereocenters. The van der Waals surface area contributed by atoms with Gasteiger partial charge in [-0.3, -0.25) is 4.79 Å². The van der Waals surface area contributed by atoms with E-state index in [2.05, 4.69) is 21.2 Å². The quantitative estimate of drug-likeness (QED) is 0.876. The van der Waals surface area contributed by atoms with Gasteiger partial charge in [0.05, 0.1) is 0 Å². The minimum absolute atomic E-state index is 0.159. The van der Waals surface area contributed by atoms with Crippen molar-refractivity contribution in [3.05, 3.63) is 28.2 Å². The highest BCUT2D eigenvalue weighted by atomic mass is 79.9. The van der Waals surface area contributed by atoms with Crippen LogP contribution in [0.3, 0.4) is 0 Å². The van der Waals surface area contributed by atoms with Gasteiger partial charge < -0.3 is 10.4 Å². The van der Waals surface area contributed by atoms with Crippen LogP contribution in [0.2, 0.25) is 0 Å². The van der Waals surface area contributed by atoms with E-state index in [1.807, 2.05) is 0 Å². The van der Waals surface area contributed by atoms with Crippen molar-refractivity contribution >= 4 is 27.6 Å². The number of halogens is 2. The number of anilines is 1. The lowest BCUT2D eigenvalue weighted by molar-refractivity contribution is -0.134. The van der Waals surface area contributed by atoms with E-state index in [1.165, 1.54) is 0 Å². The molecule has 0 amide bonds. The van der Waals surface area contributed by atoms with Gasteiger partial charge in [-0.25, -0.2) is 4.39 Å². The fraction of sp³-hybridized carbons (Fsp3) is 0.222. The molecule has 14 heavy (non-hydrogen) atoms. The number of carboxylic acids is 1. The Labute approximate surface area is 89.1 Å². The van der Waals surface area contributed by atoms with Crippen LogP contribution < -0.4 is 5.32 Å². The molecule has 5 heteroatoms. The lowest BCUT2D eigenvalue weighted by atomic mass is 10.2. The molecule has 1 aromatic rings. The van der Waals surface area contributed by atoms with Crippen LogP contribution in [-0.4, -0.2) is 17.6 Å². The number of carboxylic acid groups (broad SMARTS) is 1. The molecule has 0 fully saturated rings. The second-order valence-electron chi connectivity index (χ2n) is 2.70. The topological polar surface area (TPSA) is 49.3 Å². The number of nitrogens with one attached hydrogen (secondary N) is 1. The fourth-order valence-corrected chi connectivity index (χ4v) is 1.52. The van der Waals surface area contributed by atoms with Gasteiger partial charge in [0.2, 0.25) is 0 Å². The zero-order chi connectivity index (χ0) is 10.6. The van der Waals surface area contributed by atoms with E-state index in [-0.39, 0.29) is 6.54 Å². The van der Waals surface area contributed by atoms with Crippen LogP contribution in [0.4, 0.5) is 10.1 Å². The molecule has 3 nitrogen and oxygen atoms in total. The summed E-state index contributed by atoms with van der Waals surface area (Å²) in [4.78, 5) is 10.3. The molecule has 1 rings (SSSR count). The van der Waals surface area contributed by atoms with Crippen molar-refractivity contribution in [2.45, 2.75) is 6.67 Å². The summed E-state index contributed by atoms with van der Waals surface area (Å²) in [6.45, 7) is -0.689. The minimum atomic E-state index is -0.938. The van der Waals surface area contributed by atoms with Crippen molar-refractivity contribution in [1.82, 2.24) is 0 Å². The average molecular weight is 262 g/mol. The average Bonchev–Trinajstić information content (AvgIpc) is 2.15. The van der Waals surface area contributed by atoms with Gasteiger partial charge in [-0.15, -0.1) is 0 Å². The molecule has 0 radical (unpaired) electrons. The maximum Gasteiger partial charge on any atom is 0.322 e. The Morgan fingerprint density at radius 3 is 2.79 bits per heavy atom. The largest absolute Gasteiger partial charge is 0.480 e. The number of rotatable bonds is 4. The van der Waals surface area contributed by atoms with Crippen LogP contribution in [0.1, 0.15) is 5.56 Å². The van der Waals surface area contributed by atoms with Crippen molar-refractivity contribution in [3.8, 4) is 0 Å². The van der Waals surface area contributed by atoms with Gasteiger partial charge >= 0.3 is 5.97 Å². The standard InChI is InChI=1S/C9H9BrFNO2/c10-7-3-6(4-11)1-2-8(7)12-5-9(13)14/h1-3,12H,4-5H2,(H,13,14). The van der Waals surface area contributed by atoms with Gasteiger partial charge in [0, 0.05) is 10.2 Å². The summed E-state index contributed by atoms with van der Waals surface area (Å²) < 4.78 is 12.9. The van der Waals surface area contributed by atoms with Crippen molar-refractivity contribution in [2.75, 3.05) is 11.9 Å². The predicted octanol–water partition coefficient (Wildman–Crippen LogP) is 2.42. The zero-order valence-electron chi connectivity index (χ0n) is 7.26. The molecule has 76 valence electrons. The van der Waals surface area contributed by atoms with Crippen molar-refractivity contribution in [3.63, 3.8) is 0 Å². The monoisotopic (exact) mass is 261 g/mol. The summed E-state index contributed by atoms with van der Waals surface area (Å²) in [7, 11) is 0. The van der Waals surface area contributed by atoms with Crippen molar-refractivity contribution in [1.29, 1.82) is 0 Å². The molecule has 0 heterocycles. The van der Waals surface area contributed by atoms with E-state index in [1.54, 1.807) is 18.2 Å². The van der Waals surface area contributed by atoms with E-state index < -0.39 is 12.6 Å². The first-order chi connectivity index (χ1) is 6.63. The Morgan fingerprint density at radius 2 is 2.29 bits per heavy atom. The SMILES string of the molecule is O=C(O)CNc1ccc(CF)cc1Br. The molecule has 0 atom stereocenters. The molecule has 0 aliphatic heterocycles. The third-order valence-electron chi connectivity index (χ3n) is 1.62. The van der Waals surface area contributed by atoms with Crippen LogP contribution in [0.15, 0.2) is 22.7 Å². The maximum atomic E-state index is 12.2. The second kappa shape index (κ2) is 4.95. The van der Waals surface area contributed by atoms with Crippen LogP contribution >= 0.6 is 15.9 Å². The number of benzene rings is 1. The molecule has 2 N–H and O–H groups in total. The Morgan fingerprint density at radius 1 is 1.57 bits per heavy atom. The molecule has 0 saturated carbocycles. The summed E-state index contributed by atoms with van der Waals surface area (Å²) in [6, 6.07) is 4.86. The van der Waals surface area contributed by atoms with E-state index >= 15 is 0 Å². The molecular weight excluding hydrogens is 253 g/mol. The highest BCUT2D eigenvalue weighted by Crippen LogP contribution is 2.23. The van der Waals surface area contributed by atoms with Gasteiger partial charge in [-0.2, -0.15) is 0 Å². The van der Waals surface area contributed by atoms with E-state index in [9.17, 15) is 9.18 Å². The Bertz CT molecular complexity index is 344. The molecule has 0 aliphatic rings. The van der Waals surface area contributed by atoms with Crippen LogP contribution in [0.25, 0.3) is 0 Å². The van der Waals surface area contributed by atoms with Gasteiger partial charge in [-0.05, 0) is 33.6 Å². The lowest BCUT2D eigenvalue weighted by Gasteiger charge is -2.06. The van der Waals surface area contributed by atoms with Gasteiger partial charge in [0.25, 0.3) is 0 Å². The van der Waals surface area contributed by atoms with Crippen molar-refractivity contribution < 1.29 is 14.3 Å². The van der Waals surface area contributed by atoms with Crippen molar-refractivity contribution in [2.24, 2.45) is 0 Å². The number of aliphatic carboxylic acids is 1. The third kappa shape index (κ3) is 2.99. The van der Waals surface area contributed by atoms with Gasteiger partial charge in [0.1, 0.15) is 13.2 Å². The minimum Gasteiger partial charge on any atom is -0.480 e. The normalized spacial score (nSPS) is 9.86. The lowest BCUT2D eigenvalue weighted by Crippen LogP contribution is -2.12. The second-order valence-corrected chi connectivity index (χ2v) is 3.55. The first kappa shape index (κ1) is 11.0. The molecule has 0 spiro atoms. The maximum absolute atomic E-state index is 12.2. The number of carbonyl (C=O) groups is 1. The Hall–Kier alpha value is -1.10. The van der Waals surface area contributed by atoms with Gasteiger partial charge in [-0.1, -0.05) is 6.07 Å². The van der Waals surface area contributed by atoms with E-state index in [0.29, 0.717) is 15.7 Å².